The summed E-state index contributed by atoms with van der Waals surface area (Å²) in [6.07, 6.45) is 0.644. The lowest BCUT2D eigenvalue weighted by Crippen LogP contribution is -2.39. The van der Waals surface area contributed by atoms with Crippen molar-refractivity contribution < 1.29 is 23.8 Å². The second kappa shape index (κ2) is 9.20. The van der Waals surface area contributed by atoms with Crippen LogP contribution in [0, 0.1) is 0 Å². The van der Waals surface area contributed by atoms with Gasteiger partial charge in [-0.2, -0.15) is 0 Å². The summed E-state index contributed by atoms with van der Waals surface area (Å²) in [7, 11) is 1.55. The molecule has 3 N–H and O–H groups in total. The van der Waals surface area contributed by atoms with E-state index in [0.29, 0.717) is 16.4 Å². The van der Waals surface area contributed by atoms with Gasteiger partial charge in [0.2, 0.25) is 0 Å². The summed E-state index contributed by atoms with van der Waals surface area (Å²) in [6, 6.07) is 14.2. The molecule has 146 valence electrons. The third-order valence-corrected chi connectivity index (χ3v) is 5.16. The number of carbonyl (C=O) groups is 2. The van der Waals surface area contributed by atoms with Crippen LogP contribution in [0.1, 0.15) is 27.2 Å². The Labute approximate surface area is 166 Å². The number of nitrogens with one attached hydrogen (secondary N) is 2. The zero-order valence-corrected chi connectivity index (χ0v) is 16.0. The van der Waals surface area contributed by atoms with Gasteiger partial charge in [-0.15, -0.1) is 11.3 Å². The number of rotatable bonds is 7. The molecule has 0 radical (unpaired) electrons. The molecule has 8 heteroatoms. The van der Waals surface area contributed by atoms with Crippen LogP contribution in [0.3, 0.4) is 0 Å². The molecule has 2 aromatic heterocycles. The fourth-order valence-corrected chi connectivity index (χ4v) is 3.52. The molecule has 0 unspecified atom stereocenters. The predicted octanol–water partition coefficient (Wildman–Crippen LogP) is 2.36. The van der Waals surface area contributed by atoms with E-state index < -0.39 is 17.9 Å². The number of carbonyl (C=O) groups excluding carboxylic acids is 2. The first-order valence-corrected chi connectivity index (χ1v) is 9.38. The maximum atomic E-state index is 12.0. The number of hydrogen-bond acceptors (Lipinski definition) is 6. The topological polar surface area (TPSA) is 101 Å². The third-order valence-electron chi connectivity index (χ3n) is 4.03. The van der Waals surface area contributed by atoms with E-state index in [1.807, 2.05) is 18.2 Å². The average molecular weight is 400 g/mol. The fraction of sp³-hybridized carbons (Fsp3) is 0.200. The minimum atomic E-state index is -0.853. The molecule has 0 aliphatic carbocycles. The number of aliphatic hydroxyl groups is 1. The van der Waals surface area contributed by atoms with Crippen molar-refractivity contribution in [2.24, 2.45) is 0 Å². The highest BCUT2D eigenvalue weighted by Gasteiger charge is 2.17. The lowest BCUT2D eigenvalue weighted by Gasteiger charge is -2.09. The zero-order valence-electron chi connectivity index (χ0n) is 15.2. The van der Waals surface area contributed by atoms with Gasteiger partial charge in [-0.05, 0) is 30.3 Å². The van der Waals surface area contributed by atoms with Crippen LogP contribution in [0.4, 0.5) is 0 Å². The normalized spacial score (nSPS) is 11.6. The van der Waals surface area contributed by atoms with Gasteiger partial charge >= 0.3 is 11.8 Å². The first-order valence-electron chi connectivity index (χ1n) is 8.56. The number of thiophene rings is 1. The van der Waals surface area contributed by atoms with Crippen molar-refractivity contribution in [2.75, 3.05) is 7.11 Å². The molecule has 0 aliphatic heterocycles. The van der Waals surface area contributed by atoms with E-state index in [0.717, 1.165) is 10.4 Å². The van der Waals surface area contributed by atoms with Gasteiger partial charge in [0.25, 0.3) is 0 Å². The Bertz CT molecular complexity index is 936. The van der Waals surface area contributed by atoms with Gasteiger partial charge in [-0.1, -0.05) is 18.2 Å². The number of hydrogen-bond donors (Lipinski definition) is 3. The summed E-state index contributed by atoms with van der Waals surface area (Å²) in [5.74, 6) is -0.354. The molecule has 1 aromatic carbocycles. The SMILES string of the molecule is COc1ccccc1CNC(=O)C(=O)NCc1ccc([C@H](O)c2ccco2)s1. The highest BCUT2D eigenvalue weighted by atomic mass is 32.1. The van der Waals surface area contributed by atoms with Crippen LogP contribution >= 0.6 is 11.3 Å². The number of aliphatic hydroxyl groups excluding tert-OH is 1. The summed E-state index contributed by atoms with van der Waals surface area (Å²) in [5.41, 5.74) is 0.779. The Kier molecular flexibility index (Phi) is 6.46. The molecule has 0 saturated heterocycles. The van der Waals surface area contributed by atoms with Gasteiger partial charge < -0.3 is 24.9 Å². The largest absolute Gasteiger partial charge is 0.496 e. The molecule has 3 rings (SSSR count). The Balaban J connectivity index is 1.49. The molecule has 3 aromatic rings. The van der Waals surface area contributed by atoms with Crippen LogP contribution in [-0.2, 0) is 22.7 Å². The van der Waals surface area contributed by atoms with Crippen molar-refractivity contribution in [1.29, 1.82) is 0 Å². The fourth-order valence-electron chi connectivity index (χ4n) is 2.58. The molecule has 28 heavy (non-hydrogen) atoms. The highest BCUT2D eigenvalue weighted by molar-refractivity contribution is 7.12. The monoisotopic (exact) mass is 400 g/mol. The van der Waals surface area contributed by atoms with Gasteiger partial charge in [0, 0.05) is 21.9 Å². The Hall–Kier alpha value is -3.10. The van der Waals surface area contributed by atoms with Crippen molar-refractivity contribution >= 4 is 23.2 Å². The van der Waals surface area contributed by atoms with Gasteiger partial charge in [-0.3, -0.25) is 9.59 Å². The van der Waals surface area contributed by atoms with Crippen molar-refractivity contribution in [1.82, 2.24) is 10.6 Å². The Morgan fingerprint density at radius 2 is 1.82 bits per heavy atom. The number of ether oxygens (including phenoxy) is 1. The van der Waals surface area contributed by atoms with Crippen LogP contribution in [-0.4, -0.2) is 24.0 Å². The van der Waals surface area contributed by atoms with Gasteiger partial charge in [0.05, 0.1) is 19.9 Å². The minimum Gasteiger partial charge on any atom is -0.496 e. The van der Waals surface area contributed by atoms with E-state index in [4.69, 9.17) is 9.15 Å². The number of furan rings is 1. The van der Waals surface area contributed by atoms with Gasteiger partial charge in [0.15, 0.2) is 0 Å². The van der Waals surface area contributed by atoms with Gasteiger partial charge in [-0.25, -0.2) is 0 Å². The standard InChI is InChI=1S/C20H20N2O5S/c1-26-15-6-3-2-5-13(15)11-21-19(24)20(25)22-12-14-8-9-17(28-14)18(23)16-7-4-10-27-16/h2-10,18,23H,11-12H2,1H3,(H,21,24)(H,22,25)/t18-/m1/s1. The van der Waals surface area contributed by atoms with Crippen LogP contribution in [0.15, 0.2) is 59.2 Å². The highest BCUT2D eigenvalue weighted by Crippen LogP contribution is 2.28. The molecule has 1 atom stereocenters. The lowest BCUT2D eigenvalue weighted by atomic mass is 10.2. The van der Waals surface area contributed by atoms with E-state index in [1.165, 1.54) is 17.6 Å². The average Bonchev–Trinajstić information content (AvgIpc) is 3.42. The smallest absolute Gasteiger partial charge is 0.309 e. The second-order valence-corrected chi connectivity index (χ2v) is 7.10. The van der Waals surface area contributed by atoms with Crippen molar-refractivity contribution in [3.63, 3.8) is 0 Å². The van der Waals surface area contributed by atoms with Gasteiger partial charge in [0.1, 0.15) is 17.6 Å². The lowest BCUT2D eigenvalue weighted by molar-refractivity contribution is -0.139. The predicted molar refractivity (Wildman–Crippen MR) is 104 cm³/mol. The molecular formula is C20H20N2O5S. The summed E-state index contributed by atoms with van der Waals surface area (Å²) >= 11 is 1.34. The quantitative estimate of drug-likeness (QED) is 0.529. The molecule has 0 saturated carbocycles. The minimum absolute atomic E-state index is 0.189. The van der Waals surface area contributed by atoms with Crippen molar-refractivity contribution in [2.45, 2.75) is 19.2 Å². The van der Waals surface area contributed by atoms with Crippen molar-refractivity contribution in [3.05, 3.63) is 75.9 Å². The van der Waals surface area contributed by atoms with Crippen molar-refractivity contribution in [3.8, 4) is 5.75 Å². The number of amides is 2. The van der Waals surface area contributed by atoms with E-state index in [-0.39, 0.29) is 13.1 Å². The van der Waals surface area contributed by atoms with E-state index in [9.17, 15) is 14.7 Å². The zero-order chi connectivity index (χ0) is 19.9. The molecule has 0 bridgehead atoms. The molecule has 7 nitrogen and oxygen atoms in total. The van der Waals surface area contributed by atoms with E-state index in [1.54, 1.807) is 37.4 Å². The maximum absolute atomic E-state index is 12.0. The van der Waals surface area contributed by atoms with Crippen LogP contribution in [0.2, 0.25) is 0 Å². The molecule has 0 aliphatic rings. The molecule has 2 amide bonds. The Morgan fingerprint density at radius 3 is 2.54 bits per heavy atom. The maximum Gasteiger partial charge on any atom is 0.309 e. The van der Waals surface area contributed by atoms with Crippen LogP contribution in [0.25, 0.3) is 0 Å². The van der Waals surface area contributed by atoms with Crippen LogP contribution in [0.5, 0.6) is 5.75 Å². The molecule has 0 spiro atoms. The summed E-state index contributed by atoms with van der Waals surface area (Å²) in [5, 5.41) is 15.4. The first kappa shape index (κ1) is 19.7. The first-order chi connectivity index (χ1) is 13.6. The summed E-state index contributed by atoms with van der Waals surface area (Å²) in [6.45, 7) is 0.380. The second-order valence-electron chi connectivity index (χ2n) is 5.90. The van der Waals surface area contributed by atoms with E-state index >= 15 is 0 Å². The molecular weight excluding hydrogens is 380 g/mol. The summed E-state index contributed by atoms with van der Waals surface area (Å²) < 4.78 is 10.4. The third kappa shape index (κ3) is 4.79. The number of benzene rings is 1. The number of methoxy groups -OCH3 is 1. The summed E-state index contributed by atoms with van der Waals surface area (Å²) in [4.78, 5) is 25.5. The Morgan fingerprint density at radius 1 is 1.07 bits per heavy atom. The molecule has 2 heterocycles. The van der Waals surface area contributed by atoms with E-state index in [2.05, 4.69) is 10.6 Å². The molecule has 0 fully saturated rings. The van der Waals surface area contributed by atoms with Crippen LogP contribution < -0.4 is 15.4 Å². The number of para-hydroxylation sites is 1.